The number of aromatic nitrogens is 2. The lowest BCUT2D eigenvalue weighted by Crippen LogP contribution is -2.46. The third-order valence-corrected chi connectivity index (χ3v) is 6.14. The second-order valence-electron chi connectivity index (χ2n) is 8.78. The molecule has 0 atom stereocenters. The zero-order valence-electron chi connectivity index (χ0n) is 19.5. The number of nitrogens with zero attached hydrogens (tertiary/aromatic N) is 5. The fourth-order valence-corrected chi connectivity index (χ4v) is 4.32. The van der Waals surface area contributed by atoms with E-state index in [1.807, 2.05) is 83.5 Å². The van der Waals surface area contributed by atoms with Gasteiger partial charge >= 0.3 is 6.03 Å². The standard InChI is InChI=1S/C26H31N5O2/c1-28(2)26(33)30-16-14-21(15-17-30)25(32)29(3)18-22-19-31(23-12-8-5-9-13-23)27-24(22)20-10-6-4-7-11-20/h4-13,19,21H,14-18H2,1-3H3. The van der Waals surface area contributed by atoms with Crippen molar-refractivity contribution in [1.29, 1.82) is 0 Å². The first-order valence-corrected chi connectivity index (χ1v) is 11.3. The minimum atomic E-state index is -0.0643. The highest BCUT2D eigenvalue weighted by atomic mass is 16.2. The van der Waals surface area contributed by atoms with Crippen molar-refractivity contribution < 1.29 is 9.59 Å². The average molecular weight is 446 g/mol. The molecule has 7 heteroatoms. The molecule has 1 saturated heterocycles. The molecule has 0 spiro atoms. The summed E-state index contributed by atoms with van der Waals surface area (Å²) >= 11 is 0. The molecule has 1 aliphatic heterocycles. The molecule has 0 saturated carbocycles. The number of urea groups is 1. The average Bonchev–Trinajstić information content (AvgIpc) is 3.28. The van der Waals surface area contributed by atoms with E-state index in [1.54, 1.807) is 23.9 Å². The smallest absolute Gasteiger partial charge is 0.319 e. The number of carbonyl (C=O) groups excluding carboxylic acids is 2. The van der Waals surface area contributed by atoms with Gasteiger partial charge in [-0.25, -0.2) is 9.48 Å². The summed E-state index contributed by atoms with van der Waals surface area (Å²) in [6.07, 6.45) is 3.40. The van der Waals surface area contributed by atoms with Crippen molar-refractivity contribution in [2.24, 2.45) is 5.92 Å². The summed E-state index contributed by atoms with van der Waals surface area (Å²) in [5, 5.41) is 4.85. The van der Waals surface area contributed by atoms with E-state index in [4.69, 9.17) is 5.10 Å². The number of amides is 3. The fraction of sp³-hybridized carbons (Fsp3) is 0.346. The number of hydrogen-bond donors (Lipinski definition) is 0. The van der Waals surface area contributed by atoms with Gasteiger partial charge < -0.3 is 14.7 Å². The Bertz CT molecular complexity index is 1090. The number of carbonyl (C=O) groups is 2. The van der Waals surface area contributed by atoms with Crippen molar-refractivity contribution in [3.63, 3.8) is 0 Å². The van der Waals surface area contributed by atoms with Gasteiger partial charge in [0.2, 0.25) is 5.91 Å². The van der Waals surface area contributed by atoms with Crippen LogP contribution in [0.4, 0.5) is 4.79 Å². The second kappa shape index (κ2) is 9.90. The van der Waals surface area contributed by atoms with Crippen LogP contribution in [0.15, 0.2) is 66.9 Å². The molecule has 1 aromatic heterocycles. The minimum absolute atomic E-state index is 0.00934. The van der Waals surface area contributed by atoms with Crippen LogP contribution in [0.25, 0.3) is 16.9 Å². The van der Waals surface area contributed by atoms with Crippen molar-refractivity contribution in [2.75, 3.05) is 34.2 Å². The molecule has 33 heavy (non-hydrogen) atoms. The lowest BCUT2D eigenvalue weighted by molar-refractivity contribution is -0.136. The monoisotopic (exact) mass is 445 g/mol. The summed E-state index contributed by atoms with van der Waals surface area (Å²) in [6, 6.07) is 20.1. The van der Waals surface area contributed by atoms with E-state index >= 15 is 0 Å². The SMILES string of the molecule is CN(C)C(=O)N1CCC(C(=O)N(C)Cc2cn(-c3ccccc3)nc2-c2ccccc2)CC1. The summed E-state index contributed by atoms with van der Waals surface area (Å²) in [4.78, 5) is 30.6. The summed E-state index contributed by atoms with van der Waals surface area (Å²) < 4.78 is 1.88. The third kappa shape index (κ3) is 5.08. The van der Waals surface area contributed by atoms with Crippen LogP contribution in [0.2, 0.25) is 0 Å². The van der Waals surface area contributed by atoms with Crippen LogP contribution in [0.3, 0.4) is 0 Å². The van der Waals surface area contributed by atoms with Gasteiger partial charge in [-0.15, -0.1) is 0 Å². The van der Waals surface area contributed by atoms with Gasteiger partial charge in [-0.1, -0.05) is 48.5 Å². The molecular formula is C26H31N5O2. The van der Waals surface area contributed by atoms with E-state index in [-0.39, 0.29) is 17.9 Å². The molecule has 3 aromatic rings. The molecule has 0 bridgehead atoms. The Balaban J connectivity index is 1.50. The summed E-state index contributed by atoms with van der Waals surface area (Å²) in [5.74, 6) is 0.0592. The lowest BCUT2D eigenvalue weighted by atomic mass is 9.95. The Hall–Kier alpha value is -3.61. The third-order valence-electron chi connectivity index (χ3n) is 6.14. The van der Waals surface area contributed by atoms with E-state index in [0.717, 1.165) is 22.5 Å². The Morgan fingerprint density at radius 2 is 1.55 bits per heavy atom. The Labute approximate surface area is 195 Å². The highest BCUT2D eigenvalue weighted by Crippen LogP contribution is 2.26. The number of rotatable bonds is 5. The van der Waals surface area contributed by atoms with Crippen molar-refractivity contribution in [2.45, 2.75) is 19.4 Å². The Morgan fingerprint density at radius 1 is 0.939 bits per heavy atom. The largest absolute Gasteiger partial charge is 0.341 e. The summed E-state index contributed by atoms with van der Waals surface area (Å²) in [6.45, 7) is 1.71. The maximum absolute atomic E-state index is 13.2. The first-order valence-electron chi connectivity index (χ1n) is 11.3. The molecule has 3 amide bonds. The van der Waals surface area contributed by atoms with Crippen LogP contribution in [0, 0.1) is 5.92 Å². The number of para-hydroxylation sites is 1. The predicted octanol–water partition coefficient (Wildman–Crippen LogP) is 3.89. The molecule has 172 valence electrons. The maximum Gasteiger partial charge on any atom is 0.319 e. The maximum atomic E-state index is 13.2. The van der Waals surface area contributed by atoms with Crippen LogP contribution in [0.5, 0.6) is 0 Å². The second-order valence-corrected chi connectivity index (χ2v) is 8.78. The summed E-state index contributed by atoms with van der Waals surface area (Å²) in [7, 11) is 5.37. The Kier molecular flexibility index (Phi) is 6.77. The molecule has 2 heterocycles. The van der Waals surface area contributed by atoms with E-state index in [9.17, 15) is 9.59 Å². The van der Waals surface area contributed by atoms with Crippen molar-refractivity contribution in [3.8, 4) is 16.9 Å². The molecule has 0 N–H and O–H groups in total. The van der Waals surface area contributed by atoms with Gasteiger partial charge in [0.1, 0.15) is 0 Å². The molecule has 0 aliphatic carbocycles. The van der Waals surface area contributed by atoms with Crippen molar-refractivity contribution in [1.82, 2.24) is 24.5 Å². The molecule has 2 aromatic carbocycles. The number of piperidine rings is 1. The molecule has 0 radical (unpaired) electrons. The van der Waals surface area contributed by atoms with Crippen LogP contribution in [0.1, 0.15) is 18.4 Å². The van der Waals surface area contributed by atoms with Crippen LogP contribution >= 0.6 is 0 Å². The first kappa shape index (κ1) is 22.6. The quantitative estimate of drug-likeness (QED) is 0.599. The topological polar surface area (TPSA) is 61.7 Å². The van der Waals surface area contributed by atoms with Crippen molar-refractivity contribution in [3.05, 3.63) is 72.4 Å². The molecule has 1 fully saturated rings. The zero-order chi connectivity index (χ0) is 23.4. The normalized spacial score (nSPS) is 14.2. The first-order chi connectivity index (χ1) is 15.9. The van der Waals surface area contributed by atoms with E-state index in [2.05, 4.69) is 0 Å². The van der Waals surface area contributed by atoms with Crippen LogP contribution in [-0.2, 0) is 11.3 Å². The number of hydrogen-bond acceptors (Lipinski definition) is 3. The fourth-order valence-electron chi connectivity index (χ4n) is 4.32. The minimum Gasteiger partial charge on any atom is -0.341 e. The highest BCUT2D eigenvalue weighted by molar-refractivity contribution is 5.80. The van der Waals surface area contributed by atoms with Gasteiger partial charge in [0.05, 0.1) is 11.4 Å². The van der Waals surface area contributed by atoms with Crippen LogP contribution in [-0.4, -0.2) is 70.7 Å². The van der Waals surface area contributed by atoms with Gasteiger partial charge in [0, 0.05) is 64.0 Å². The highest BCUT2D eigenvalue weighted by Gasteiger charge is 2.30. The van der Waals surface area contributed by atoms with Gasteiger partial charge in [0.15, 0.2) is 0 Å². The molecule has 0 unspecified atom stereocenters. The Morgan fingerprint density at radius 3 is 2.15 bits per heavy atom. The summed E-state index contributed by atoms with van der Waals surface area (Å²) in [5.41, 5.74) is 3.89. The molecular weight excluding hydrogens is 414 g/mol. The zero-order valence-corrected chi connectivity index (χ0v) is 19.5. The van der Waals surface area contributed by atoms with Crippen molar-refractivity contribution >= 4 is 11.9 Å². The van der Waals surface area contributed by atoms with Gasteiger partial charge in [-0.2, -0.15) is 5.10 Å². The molecule has 1 aliphatic rings. The van der Waals surface area contributed by atoms with E-state index in [1.165, 1.54) is 0 Å². The molecule has 4 rings (SSSR count). The number of likely N-dealkylation sites (tertiary alicyclic amines) is 1. The lowest BCUT2D eigenvalue weighted by Gasteiger charge is -2.34. The molecule has 7 nitrogen and oxygen atoms in total. The van der Waals surface area contributed by atoms with Gasteiger partial charge in [-0.05, 0) is 25.0 Å². The van der Waals surface area contributed by atoms with E-state index < -0.39 is 0 Å². The number of benzene rings is 2. The predicted molar refractivity (Wildman–Crippen MR) is 129 cm³/mol. The van der Waals surface area contributed by atoms with Gasteiger partial charge in [-0.3, -0.25) is 4.79 Å². The van der Waals surface area contributed by atoms with Crippen LogP contribution < -0.4 is 0 Å². The van der Waals surface area contributed by atoms with E-state index in [0.29, 0.717) is 32.5 Å². The van der Waals surface area contributed by atoms with Gasteiger partial charge in [0.25, 0.3) is 0 Å².